The van der Waals surface area contributed by atoms with E-state index in [4.69, 9.17) is 5.41 Å². The molecule has 0 saturated heterocycles. The molecule has 20 heavy (non-hydrogen) atoms. The Labute approximate surface area is 120 Å². The predicted molar refractivity (Wildman–Crippen MR) is 83.5 cm³/mol. The molecule has 0 atom stereocenters. The van der Waals surface area contributed by atoms with Gasteiger partial charge in [-0.25, -0.2) is 9.98 Å². The zero-order valence-corrected chi connectivity index (χ0v) is 11.3. The molecule has 0 spiro atoms. The predicted octanol–water partition coefficient (Wildman–Crippen LogP) is 3.53. The summed E-state index contributed by atoms with van der Waals surface area (Å²) in [5.74, 6) is 1.41. The van der Waals surface area contributed by atoms with Crippen molar-refractivity contribution in [2.45, 2.75) is 0 Å². The molecule has 6 heteroatoms. The standard InChI is InChI=1S/C14H11N5S/c15-12-11-9-16-19-13(11)18-14(17-12)20-8-4-7-10-5-2-1-3-6-10/h1-7,9,15H,8H2/b7-4+,15-12?. The van der Waals surface area contributed by atoms with E-state index in [-0.39, 0.29) is 5.84 Å². The molecular weight excluding hydrogens is 270 g/mol. The normalized spacial score (nSPS) is 17.0. The summed E-state index contributed by atoms with van der Waals surface area (Å²) in [6.45, 7) is 0. The Bertz CT molecular complexity index is 683. The third-order valence-electron chi connectivity index (χ3n) is 2.66. The van der Waals surface area contributed by atoms with E-state index in [0.29, 0.717) is 16.6 Å². The number of amidine groups is 3. The smallest absolute Gasteiger partial charge is 0.192 e. The summed E-state index contributed by atoms with van der Waals surface area (Å²) in [5.41, 5.74) is 1.75. The monoisotopic (exact) mass is 281 g/mol. The number of azo groups is 1. The summed E-state index contributed by atoms with van der Waals surface area (Å²) in [4.78, 5) is 8.39. The fourth-order valence-electron chi connectivity index (χ4n) is 1.71. The second kappa shape index (κ2) is 5.75. The second-order valence-electron chi connectivity index (χ2n) is 4.06. The minimum atomic E-state index is 0.175. The number of rotatable bonds is 3. The molecule has 0 saturated carbocycles. The van der Waals surface area contributed by atoms with Gasteiger partial charge in [-0.05, 0) is 5.56 Å². The van der Waals surface area contributed by atoms with Crippen molar-refractivity contribution < 1.29 is 0 Å². The van der Waals surface area contributed by atoms with Gasteiger partial charge >= 0.3 is 0 Å². The van der Waals surface area contributed by atoms with E-state index in [2.05, 4.69) is 26.3 Å². The highest BCUT2D eigenvalue weighted by atomic mass is 32.2. The van der Waals surface area contributed by atoms with Gasteiger partial charge in [0.25, 0.3) is 0 Å². The average molecular weight is 281 g/mol. The van der Waals surface area contributed by atoms with Crippen molar-refractivity contribution in [3.8, 4) is 0 Å². The molecule has 0 aliphatic carbocycles. The Kier molecular flexibility index (Phi) is 3.64. The summed E-state index contributed by atoms with van der Waals surface area (Å²) >= 11 is 1.48. The van der Waals surface area contributed by atoms with Crippen LogP contribution in [0.3, 0.4) is 0 Å². The highest BCUT2D eigenvalue weighted by Crippen LogP contribution is 2.20. The topological polar surface area (TPSA) is 73.3 Å². The fourth-order valence-corrected chi connectivity index (χ4v) is 2.36. The van der Waals surface area contributed by atoms with Crippen LogP contribution in [0, 0.1) is 5.41 Å². The third kappa shape index (κ3) is 2.80. The molecule has 3 rings (SSSR count). The highest BCUT2D eigenvalue weighted by molar-refractivity contribution is 8.14. The van der Waals surface area contributed by atoms with Crippen LogP contribution in [0.25, 0.3) is 6.08 Å². The van der Waals surface area contributed by atoms with Gasteiger partial charge in [0, 0.05) is 5.75 Å². The minimum Gasteiger partial charge on any atom is -0.282 e. The lowest BCUT2D eigenvalue weighted by atomic mass is 10.2. The van der Waals surface area contributed by atoms with Crippen LogP contribution in [-0.2, 0) is 0 Å². The van der Waals surface area contributed by atoms with Gasteiger partial charge in [-0.2, -0.15) is 5.11 Å². The number of nitrogens with one attached hydrogen (secondary N) is 1. The first kappa shape index (κ1) is 12.7. The number of nitrogens with zero attached hydrogens (tertiary/aromatic N) is 4. The Morgan fingerprint density at radius 1 is 1.15 bits per heavy atom. The summed E-state index contributed by atoms with van der Waals surface area (Å²) in [6.07, 6.45) is 5.62. The molecule has 0 amide bonds. The summed E-state index contributed by atoms with van der Waals surface area (Å²) in [7, 11) is 0. The molecule has 0 radical (unpaired) electrons. The molecule has 2 heterocycles. The lowest BCUT2D eigenvalue weighted by Crippen LogP contribution is -2.14. The van der Waals surface area contributed by atoms with Crippen molar-refractivity contribution in [1.82, 2.24) is 0 Å². The van der Waals surface area contributed by atoms with E-state index < -0.39 is 0 Å². The van der Waals surface area contributed by atoms with Crippen LogP contribution >= 0.6 is 11.8 Å². The number of hydrogen-bond donors (Lipinski definition) is 1. The van der Waals surface area contributed by atoms with Crippen molar-refractivity contribution in [3.05, 3.63) is 53.7 Å². The summed E-state index contributed by atoms with van der Waals surface area (Å²) in [5, 5.41) is 15.9. The first-order valence-electron chi connectivity index (χ1n) is 6.05. The van der Waals surface area contributed by atoms with E-state index in [0.717, 1.165) is 11.3 Å². The average Bonchev–Trinajstić information content (AvgIpc) is 2.94. The van der Waals surface area contributed by atoms with Gasteiger partial charge in [0.05, 0.1) is 11.8 Å². The van der Waals surface area contributed by atoms with E-state index in [1.807, 2.05) is 36.4 Å². The van der Waals surface area contributed by atoms with Crippen LogP contribution in [0.1, 0.15) is 5.56 Å². The van der Waals surface area contributed by atoms with Gasteiger partial charge < -0.3 is 0 Å². The number of fused-ring (bicyclic) bond motifs is 1. The highest BCUT2D eigenvalue weighted by Gasteiger charge is 2.22. The molecule has 0 bridgehead atoms. The van der Waals surface area contributed by atoms with Gasteiger partial charge in [-0.1, -0.05) is 54.2 Å². The van der Waals surface area contributed by atoms with Crippen molar-refractivity contribution in [3.63, 3.8) is 0 Å². The quantitative estimate of drug-likeness (QED) is 0.904. The maximum atomic E-state index is 7.77. The molecule has 2 aliphatic rings. The zero-order valence-electron chi connectivity index (χ0n) is 10.5. The van der Waals surface area contributed by atoms with Crippen LogP contribution in [0.4, 0.5) is 0 Å². The summed E-state index contributed by atoms with van der Waals surface area (Å²) in [6, 6.07) is 10.1. The van der Waals surface area contributed by atoms with Crippen molar-refractivity contribution in [1.29, 1.82) is 5.41 Å². The first-order valence-corrected chi connectivity index (χ1v) is 7.03. The number of aliphatic imine (C=N–C) groups is 2. The number of thioether (sulfide) groups is 1. The SMILES string of the molecule is N=C1N=C(SC/C=C/c2ccccc2)N=C2N=NC=C12. The minimum absolute atomic E-state index is 0.175. The van der Waals surface area contributed by atoms with Crippen molar-refractivity contribution >= 4 is 34.7 Å². The van der Waals surface area contributed by atoms with Gasteiger partial charge in [-0.15, -0.1) is 5.11 Å². The van der Waals surface area contributed by atoms with E-state index in [9.17, 15) is 0 Å². The Hall–Kier alpha value is -2.34. The molecule has 5 nitrogen and oxygen atoms in total. The summed E-state index contributed by atoms with van der Waals surface area (Å²) < 4.78 is 0. The van der Waals surface area contributed by atoms with Crippen molar-refractivity contribution in [2.24, 2.45) is 20.2 Å². The van der Waals surface area contributed by atoms with E-state index in [1.165, 1.54) is 18.0 Å². The molecule has 1 N–H and O–H groups in total. The lowest BCUT2D eigenvalue weighted by Gasteiger charge is -2.07. The van der Waals surface area contributed by atoms with Crippen LogP contribution in [0.2, 0.25) is 0 Å². The Morgan fingerprint density at radius 3 is 2.85 bits per heavy atom. The maximum absolute atomic E-state index is 7.77. The lowest BCUT2D eigenvalue weighted by molar-refractivity contribution is 1.32. The largest absolute Gasteiger partial charge is 0.282 e. The van der Waals surface area contributed by atoms with E-state index in [1.54, 1.807) is 0 Å². The van der Waals surface area contributed by atoms with E-state index >= 15 is 0 Å². The van der Waals surface area contributed by atoms with Crippen LogP contribution in [0.5, 0.6) is 0 Å². The Morgan fingerprint density at radius 2 is 2.00 bits per heavy atom. The van der Waals surface area contributed by atoms with Crippen LogP contribution in [0.15, 0.2) is 68.4 Å². The van der Waals surface area contributed by atoms with Crippen molar-refractivity contribution in [2.75, 3.05) is 5.75 Å². The molecule has 0 fully saturated rings. The third-order valence-corrected chi connectivity index (χ3v) is 3.46. The molecule has 1 aromatic rings. The van der Waals surface area contributed by atoms with Gasteiger partial charge in [0.2, 0.25) is 0 Å². The molecule has 98 valence electrons. The fraction of sp³-hybridized carbons (Fsp3) is 0.0714. The van der Waals surface area contributed by atoms with Gasteiger partial charge in [0.1, 0.15) is 0 Å². The molecular formula is C14H11N5S. The maximum Gasteiger partial charge on any atom is 0.192 e. The number of hydrogen-bond acceptors (Lipinski definition) is 5. The number of benzene rings is 1. The second-order valence-corrected chi connectivity index (χ2v) is 5.05. The zero-order chi connectivity index (χ0) is 13.8. The Balaban J connectivity index is 1.60. The molecule has 1 aromatic carbocycles. The van der Waals surface area contributed by atoms with Gasteiger partial charge in [0.15, 0.2) is 16.8 Å². The molecule has 0 unspecified atom stereocenters. The van der Waals surface area contributed by atoms with Crippen LogP contribution < -0.4 is 0 Å². The first-order chi connectivity index (χ1) is 9.83. The molecule has 2 aliphatic heterocycles. The molecule has 0 aromatic heterocycles. The van der Waals surface area contributed by atoms with Crippen LogP contribution in [-0.4, -0.2) is 22.6 Å². The van der Waals surface area contributed by atoms with Gasteiger partial charge in [-0.3, -0.25) is 5.41 Å².